The van der Waals surface area contributed by atoms with E-state index in [-0.39, 0.29) is 17.7 Å². The molecule has 0 saturated carbocycles. The lowest BCUT2D eigenvalue weighted by Crippen LogP contribution is -2.54. The van der Waals surface area contributed by atoms with E-state index >= 15 is 0 Å². The molecule has 0 radical (unpaired) electrons. The van der Waals surface area contributed by atoms with Crippen molar-refractivity contribution in [2.24, 2.45) is 0 Å². The van der Waals surface area contributed by atoms with Crippen LogP contribution >= 0.6 is 0 Å². The topological polar surface area (TPSA) is 104 Å². The Labute approximate surface area is 192 Å². The first kappa shape index (κ1) is 22.5. The van der Waals surface area contributed by atoms with Gasteiger partial charge in [0.05, 0.1) is 4.90 Å². The van der Waals surface area contributed by atoms with E-state index in [2.05, 4.69) is 5.32 Å². The van der Waals surface area contributed by atoms with Crippen molar-refractivity contribution in [1.82, 2.24) is 4.31 Å². The Bertz CT molecular complexity index is 1250. The van der Waals surface area contributed by atoms with Gasteiger partial charge in [-0.25, -0.2) is 17.5 Å². The Morgan fingerprint density at radius 3 is 2.27 bits per heavy atom. The Morgan fingerprint density at radius 1 is 1.00 bits per heavy atom. The van der Waals surface area contributed by atoms with Crippen LogP contribution in [0.2, 0.25) is 0 Å². The van der Waals surface area contributed by atoms with Gasteiger partial charge in [-0.15, -0.1) is 0 Å². The van der Waals surface area contributed by atoms with Crippen LogP contribution in [0.25, 0.3) is 0 Å². The van der Waals surface area contributed by atoms with Gasteiger partial charge in [-0.05, 0) is 36.2 Å². The molecule has 0 aliphatic carbocycles. The lowest BCUT2D eigenvalue weighted by molar-refractivity contribution is -0.146. The zero-order valence-corrected chi connectivity index (χ0v) is 18.8. The minimum atomic E-state index is -4.44. The van der Waals surface area contributed by atoms with Crippen LogP contribution in [0, 0.1) is 6.92 Å². The summed E-state index contributed by atoms with van der Waals surface area (Å²) < 4.78 is 27.9. The van der Waals surface area contributed by atoms with Crippen molar-refractivity contribution in [3.05, 3.63) is 95.6 Å². The normalized spacial score (nSPS) is 15.8. The van der Waals surface area contributed by atoms with Crippen LogP contribution in [0.3, 0.4) is 0 Å². The van der Waals surface area contributed by atoms with Crippen LogP contribution in [0.15, 0.2) is 83.8 Å². The maximum Gasteiger partial charge on any atom is 0.328 e. The first-order valence-corrected chi connectivity index (χ1v) is 12.0. The van der Waals surface area contributed by atoms with Crippen molar-refractivity contribution in [2.75, 3.05) is 5.32 Å². The first-order chi connectivity index (χ1) is 15.8. The average Bonchev–Trinajstić information content (AvgIpc) is 3.24. The number of carboxylic acids is 1. The number of fused-ring (bicyclic) bond motifs is 1. The minimum Gasteiger partial charge on any atom is -0.480 e. The Kier molecular flexibility index (Phi) is 6.20. The van der Waals surface area contributed by atoms with E-state index in [1.807, 2.05) is 25.1 Å². The molecular weight excluding hydrogens is 440 g/mol. The predicted octanol–water partition coefficient (Wildman–Crippen LogP) is 3.25. The van der Waals surface area contributed by atoms with Gasteiger partial charge in [0.1, 0.15) is 12.1 Å². The molecule has 0 unspecified atom stereocenters. The highest BCUT2D eigenvalue weighted by molar-refractivity contribution is 7.89. The van der Waals surface area contributed by atoms with Gasteiger partial charge in [0.15, 0.2) is 0 Å². The van der Waals surface area contributed by atoms with Crippen molar-refractivity contribution < 1.29 is 23.1 Å². The Hall–Kier alpha value is -3.65. The van der Waals surface area contributed by atoms with Gasteiger partial charge >= 0.3 is 5.97 Å². The average molecular weight is 465 g/mol. The molecule has 4 rings (SSSR count). The number of nitrogens with zero attached hydrogens (tertiary/aromatic N) is 1. The van der Waals surface area contributed by atoms with Gasteiger partial charge < -0.3 is 10.4 Å². The number of aryl methyl sites for hydroxylation is 1. The van der Waals surface area contributed by atoms with Crippen molar-refractivity contribution >= 4 is 27.6 Å². The summed E-state index contributed by atoms with van der Waals surface area (Å²) in [5.41, 5.74) is 3.07. The van der Waals surface area contributed by atoms with Gasteiger partial charge in [-0.1, -0.05) is 66.2 Å². The van der Waals surface area contributed by atoms with Crippen molar-refractivity contribution in [1.29, 1.82) is 0 Å². The molecule has 1 aliphatic heterocycles. The summed E-state index contributed by atoms with van der Waals surface area (Å²) in [6.07, 6.45) is 0.124. The van der Waals surface area contributed by atoms with Crippen LogP contribution in [-0.4, -0.2) is 41.8 Å². The molecule has 1 aliphatic rings. The number of hydrogen-bond donors (Lipinski definition) is 2. The van der Waals surface area contributed by atoms with E-state index in [4.69, 9.17) is 0 Å². The highest BCUT2D eigenvalue weighted by Crippen LogP contribution is 2.29. The van der Waals surface area contributed by atoms with Gasteiger partial charge in [0.2, 0.25) is 0 Å². The molecule has 3 aromatic rings. The smallest absolute Gasteiger partial charge is 0.328 e. The second-order valence-corrected chi connectivity index (χ2v) is 9.87. The van der Waals surface area contributed by atoms with Crippen LogP contribution in [0.1, 0.15) is 16.7 Å². The van der Waals surface area contributed by atoms with Crippen LogP contribution in [0.4, 0.5) is 5.69 Å². The molecule has 0 saturated heterocycles. The summed E-state index contributed by atoms with van der Waals surface area (Å²) in [6.45, 7) is 1.81. The monoisotopic (exact) mass is 464 g/mol. The second-order valence-electron chi connectivity index (χ2n) is 8.05. The number of anilines is 1. The number of amides is 1. The molecule has 0 aromatic heterocycles. The fourth-order valence-electron chi connectivity index (χ4n) is 3.97. The van der Waals surface area contributed by atoms with E-state index < -0.39 is 34.0 Å². The lowest BCUT2D eigenvalue weighted by atomic mass is 10.0. The molecule has 0 bridgehead atoms. The molecule has 0 spiro atoms. The molecule has 7 nitrogen and oxygen atoms in total. The van der Waals surface area contributed by atoms with Crippen molar-refractivity contribution in [3.63, 3.8) is 0 Å². The van der Waals surface area contributed by atoms with Crippen molar-refractivity contribution in [3.8, 4) is 0 Å². The van der Waals surface area contributed by atoms with E-state index in [1.165, 1.54) is 12.1 Å². The number of nitrogens with one attached hydrogen (secondary N) is 1. The van der Waals surface area contributed by atoms with Crippen LogP contribution in [0.5, 0.6) is 0 Å². The molecule has 2 N–H and O–H groups in total. The zero-order valence-electron chi connectivity index (χ0n) is 18.0. The maximum atomic E-state index is 13.7. The molecule has 8 heteroatoms. The quantitative estimate of drug-likeness (QED) is 0.556. The number of sulfonamides is 1. The molecule has 33 heavy (non-hydrogen) atoms. The maximum absolute atomic E-state index is 13.7. The van der Waals surface area contributed by atoms with E-state index in [0.717, 1.165) is 16.8 Å². The van der Waals surface area contributed by atoms with E-state index in [1.54, 1.807) is 48.5 Å². The number of carboxylic acid groups (broad SMARTS) is 1. The molecule has 170 valence electrons. The standard InChI is InChI=1S/C25H24N2O5S/c1-17-11-13-20(14-12-17)33(31,32)27(23(25(29)30)15-18-7-3-2-4-8-18)24(28)22-16-19-9-5-6-10-21(19)26-22/h2-14,22-23,26H,15-16H2,1H3,(H,29,30)/t22-,23-/m0/s1. The summed E-state index contributed by atoms with van der Waals surface area (Å²) in [6, 6.07) is 19.5. The fourth-order valence-corrected chi connectivity index (χ4v) is 5.54. The van der Waals surface area contributed by atoms with Crippen LogP contribution in [-0.2, 0) is 32.5 Å². The molecule has 1 heterocycles. The molecule has 1 amide bonds. The number of carbonyl (C=O) groups is 2. The summed E-state index contributed by atoms with van der Waals surface area (Å²) in [5.74, 6) is -2.19. The molecule has 3 aromatic carbocycles. The first-order valence-electron chi connectivity index (χ1n) is 10.5. The van der Waals surface area contributed by atoms with E-state index in [9.17, 15) is 23.1 Å². The number of carbonyl (C=O) groups excluding carboxylic acids is 1. The number of para-hydroxylation sites is 1. The second kappa shape index (κ2) is 9.07. The van der Waals surface area contributed by atoms with Gasteiger partial charge in [0.25, 0.3) is 15.9 Å². The van der Waals surface area contributed by atoms with Crippen LogP contribution < -0.4 is 5.32 Å². The molecular formula is C25H24N2O5S. The zero-order chi connectivity index (χ0) is 23.6. The lowest BCUT2D eigenvalue weighted by Gasteiger charge is -2.30. The minimum absolute atomic E-state index is 0.128. The highest BCUT2D eigenvalue weighted by Gasteiger charge is 2.43. The summed E-state index contributed by atoms with van der Waals surface area (Å²) in [5, 5.41) is 13.1. The predicted molar refractivity (Wildman–Crippen MR) is 124 cm³/mol. The largest absolute Gasteiger partial charge is 0.480 e. The fraction of sp³-hybridized carbons (Fsp3) is 0.200. The number of aliphatic carboxylic acids is 1. The van der Waals surface area contributed by atoms with Gasteiger partial charge in [0, 0.05) is 18.5 Å². The Balaban J connectivity index is 1.76. The third-order valence-corrected chi connectivity index (χ3v) is 7.52. The van der Waals surface area contributed by atoms with Gasteiger partial charge in [-0.2, -0.15) is 0 Å². The highest BCUT2D eigenvalue weighted by atomic mass is 32.2. The third-order valence-electron chi connectivity index (χ3n) is 5.70. The third kappa shape index (κ3) is 4.61. The number of hydrogen-bond acceptors (Lipinski definition) is 5. The van der Waals surface area contributed by atoms with E-state index in [0.29, 0.717) is 9.87 Å². The number of benzene rings is 3. The Morgan fingerprint density at radius 2 is 1.64 bits per heavy atom. The molecule has 2 atom stereocenters. The van der Waals surface area contributed by atoms with Crippen molar-refractivity contribution in [2.45, 2.75) is 36.7 Å². The molecule has 0 fully saturated rings. The summed E-state index contributed by atoms with van der Waals surface area (Å²) in [4.78, 5) is 25.9. The van der Waals surface area contributed by atoms with Gasteiger partial charge in [-0.3, -0.25) is 4.79 Å². The SMILES string of the molecule is Cc1ccc(S(=O)(=O)N(C(=O)[C@@H]2Cc3ccccc3N2)[C@@H](Cc2ccccc2)C(=O)O)cc1. The summed E-state index contributed by atoms with van der Waals surface area (Å²) >= 11 is 0. The summed E-state index contributed by atoms with van der Waals surface area (Å²) in [7, 11) is -4.44. The number of rotatable bonds is 7.